The Kier molecular flexibility index (Phi) is 11.7. The summed E-state index contributed by atoms with van der Waals surface area (Å²) in [5.74, 6) is 5.60. The van der Waals surface area contributed by atoms with Crippen LogP contribution in [0.25, 0.3) is 11.4 Å². The summed E-state index contributed by atoms with van der Waals surface area (Å²) in [7, 11) is 0. The Hall–Kier alpha value is -3.97. The van der Waals surface area contributed by atoms with E-state index in [1.165, 1.54) is 0 Å². The van der Waals surface area contributed by atoms with Gasteiger partial charge in [-0.05, 0) is 11.6 Å². The van der Waals surface area contributed by atoms with E-state index in [9.17, 15) is 14.4 Å². The number of anilines is 1. The summed E-state index contributed by atoms with van der Waals surface area (Å²) in [6.45, 7) is 2.57. The summed E-state index contributed by atoms with van der Waals surface area (Å²) < 4.78 is 16.5. The van der Waals surface area contributed by atoms with Crippen LogP contribution in [-0.4, -0.2) is 76.0 Å². The fraction of sp³-hybridized carbons (Fsp3) is 0.370. The van der Waals surface area contributed by atoms with Gasteiger partial charge in [-0.1, -0.05) is 42.5 Å². The molecule has 0 bridgehead atoms. The Bertz CT molecular complexity index is 1160. The van der Waals surface area contributed by atoms with Gasteiger partial charge in [-0.3, -0.25) is 14.4 Å². The molecule has 12 heteroatoms. The number of hydrazine groups is 1. The zero-order valence-electron chi connectivity index (χ0n) is 21.8. The Morgan fingerprint density at radius 1 is 0.923 bits per heavy atom. The molecule has 3 amide bonds. The molecule has 12 nitrogen and oxygen atoms in total. The molecule has 1 aliphatic heterocycles. The lowest BCUT2D eigenvalue weighted by Crippen LogP contribution is -2.36. The van der Waals surface area contributed by atoms with Gasteiger partial charge in [-0.25, -0.2) is 5.84 Å². The van der Waals surface area contributed by atoms with Crippen LogP contribution in [0.1, 0.15) is 23.1 Å². The average molecular weight is 541 g/mol. The highest BCUT2D eigenvalue weighted by Crippen LogP contribution is 2.35. The fourth-order valence-corrected chi connectivity index (χ4v) is 4.04. The molecule has 0 saturated heterocycles. The van der Waals surface area contributed by atoms with E-state index in [0.29, 0.717) is 63.2 Å². The maximum Gasteiger partial charge on any atom is 0.236 e. The van der Waals surface area contributed by atoms with Crippen LogP contribution < -0.4 is 27.5 Å². The van der Waals surface area contributed by atoms with Crippen molar-refractivity contribution in [2.24, 2.45) is 17.3 Å². The number of benzene rings is 2. The molecule has 0 spiro atoms. The van der Waals surface area contributed by atoms with E-state index in [0.717, 1.165) is 23.1 Å². The molecule has 39 heavy (non-hydrogen) atoms. The number of carbonyl (C=O) groups excluding carboxylic acids is 3. The zero-order valence-corrected chi connectivity index (χ0v) is 21.8. The van der Waals surface area contributed by atoms with E-state index in [1.807, 2.05) is 48.5 Å². The summed E-state index contributed by atoms with van der Waals surface area (Å²) in [6, 6.07) is 15.2. The van der Waals surface area contributed by atoms with Crippen molar-refractivity contribution in [2.45, 2.75) is 13.0 Å². The van der Waals surface area contributed by atoms with Gasteiger partial charge in [0.15, 0.2) is 0 Å². The first-order valence-corrected chi connectivity index (χ1v) is 12.6. The highest BCUT2D eigenvalue weighted by molar-refractivity contribution is 5.96. The van der Waals surface area contributed by atoms with Gasteiger partial charge >= 0.3 is 0 Å². The van der Waals surface area contributed by atoms with Crippen LogP contribution in [0.3, 0.4) is 0 Å². The van der Waals surface area contributed by atoms with Gasteiger partial charge in [0.1, 0.15) is 0 Å². The van der Waals surface area contributed by atoms with Crippen LogP contribution in [-0.2, 0) is 35.1 Å². The van der Waals surface area contributed by atoms with Crippen molar-refractivity contribution in [2.75, 3.05) is 57.6 Å². The minimum atomic E-state index is -0.594. The number of hydrogen-bond donors (Lipinski definition) is 4. The van der Waals surface area contributed by atoms with Gasteiger partial charge in [-0.2, -0.15) is 0 Å². The molecule has 0 unspecified atom stereocenters. The number of ether oxygens (including phenoxy) is 3. The molecule has 7 N–H and O–H groups in total. The maximum absolute atomic E-state index is 11.9. The number of fused-ring (bicyclic) bond motifs is 2. The van der Waals surface area contributed by atoms with Crippen molar-refractivity contribution in [3.05, 3.63) is 65.2 Å². The predicted molar refractivity (Wildman–Crippen MR) is 146 cm³/mol. The summed E-state index contributed by atoms with van der Waals surface area (Å²) in [5.41, 5.74) is 16.0. The number of para-hydroxylation sites is 1. The van der Waals surface area contributed by atoms with Crippen molar-refractivity contribution < 1.29 is 28.6 Å². The van der Waals surface area contributed by atoms with E-state index < -0.39 is 5.91 Å². The largest absolute Gasteiger partial charge is 0.396 e. The summed E-state index contributed by atoms with van der Waals surface area (Å²) in [5, 5.41) is 3.96. The molecular formula is C27H36N6O6. The highest BCUT2D eigenvalue weighted by Gasteiger charge is 2.24. The van der Waals surface area contributed by atoms with Gasteiger partial charge in [0.05, 0.1) is 76.4 Å². The molecule has 2 aromatic rings. The number of nitrogens with two attached hydrogens (primary N) is 3. The second-order valence-electron chi connectivity index (χ2n) is 8.69. The number of amides is 3. The number of primary amides is 1. The maximum atomic E-state index is 11.9. The Labute approximate surface area is 227 Å². The highest BCUT2D eigenvalue weighted by atomic mass is 16.5. The minimum absolute atomic E-state index is 0.137. The van der Waals surface area contributed by atoms with E-state index >= 15 is 0 Å². The van der Waals surface area contributed by atoms with Gasteiger partial charge in [-0.15, -0.1) is 0 Å². The lowest BCUT2D eigenvalue weighted by atomic mass is 9.96. The molecule has 0 saturated carbocycles. The molecule has 0 radical (unpaired) electrons. The molecule has 1 heterocycles. The molecule has 2 aromatic carbocycles. The standard InChI is InChI=1S/C27H36N6O6/c28-24(35)17-31-25(36)9-11-37-13-15-39-16-14-38-12-10-33(30)27-21-6-2-1-5-20(21)18-32(19-34)23-8-4-3-7-22(23)26(27)29/h1-8,19H,9-18,29-30H2,(H2,28,35)(H,31,36)/b27-26-. The van der Waals surface area contributed by atoms with Gasteiger partial charge in [0.25, 0.3) is 0 Å². The number of nitrogens with zero attached hydrogens (tertiary/aromatic N) is 2. The Morgan fingerprint density at radius 3 is 2.23 bits per heavy atom. The molecule has 0 aromatic heterocycles. The zero-order chi connectivity index (χ0) is 28.0. The monoisotopic (exact) mass is 540 g/mol. The van der Waals surface area contributed by atoms with Crippen molar-refractivity contribution in [1.82, 2.24) is 10.3 Å². The van der Waals surface area contributed by atoms with Crippen molar-refractivity contribution >= 4 is 35.3 Å². The average Bonchev–Trinajstić information content (AvgIpc) is 2.93. The molecule has 3 rings (SSSR count). The minimum Gasteiger partial charge on any atom is -0.396 e. The van der Waals surface area contributed by atoms with Gasteiger partial charge in [0.2, 0.25) is 18.2 Å². The summed E-state index contributed by atoms with van der Waals surface area (Å²) in [4.78, 5) is 35.6. The third-order valence-electron chi connectivity index (χ3n) is 5.94. The second-order valence-corrected chi connectivity index (χ2v) is 8.69. The van der Waals surface area contributed by atoms with Crippen LogP contribution in [0, 0.1) is 0 Å². The molecule has 0 atom stereocenters. The molecule has 210 valence electrons. The number of hydrogen-bond acceptors (Lipinski definition) is 9. The van der Waals surface area contributed by atoms with Gasteiger partial charge < -0.3 is 40.9 Å². The van der Waals surface area contributed by atoms with E-state index in [2.05, 4.69) is 5.32 Å². The first-order valence-electron chi connectivity index (χ1n) is 12.6. The number of rotatable bonds is 16. The lowest BCUT2D eigenvalue weighted by molar-refractivity contribution is -0.125. The number of nitrogens with one attached hydrogen (secondary N) is 1. The number of carbonyl (C=O) groups is 3. The van der Waals surface area contributed by atoms with Crippen LogP contribution in [0.5, 0.6) is 0 Å². The smallest absolute Gasteiger partial charge is 0.236 e. The SMILES string of the molecule is NC(=O)CNC(=O)CCOCCOCCOCCN(N)/C1=C(\N)c2ccccc2N(C=O)Cc2ccccc21. The first kappa shape index (κ1) is 29.6. The molecule has 0 aliphatic carbocycles. The van der Waals surface area contributed by atoms with E-state index in [1.54, 1.807) is 9.91 Å². The van der Waals surface area contributed by atoms with Crippen LogP contribution in [0.4, 0.5) is 5.69 Å². The van der Waals surface area contributed by atoms with E-state index in [4.69, 9.17) is 31.5 Å². The molecule has 0 fully saturated rings. The fourth-order valence-electron chi connectivity index (χ4n) is 4.04. The normalized spacial score (nSPS) is 14.5. The van der Waals surface area contributed by atoms with Crippen molar-refractivity contribution in [3.63, 3.8) is 0 Å². The summed E-state index contributed by atoms with van der Waals surface area (Å²) in [6.07, 6.45) is 0.946. The van der Waals surface area contributed by atoms with E-state index in [-0.39, 0.29) is 25.5 Å². The van der Waals surface area contributed by atoms with Crippen molar-refractivity contribution in [1.29, 1.82) is 0 Å². The predicted octanol–water partition coefficient (Wildman–Crippen LogP) is 0.165. The topological polar surface area (TPSA) is 175 Å². The van der Waals surface area contributed by atoms with Crippen LogP contribution in [0.2, 0.25) is 0 Å². The lowest BCUT2D eigenvalue weighted by Gasteiger charge is -2.31. The third kappa shape index (κ3) is 8.79. The summed E-state index contributed by atoms with van der Waals surface area (Å²) >= 11 is 0. The Balaban J connectivity index is 1.44. The van der Waals surface area contributed by atoms with Gasteiger partial charge in [0, 0.05) is 17.5 Å². The van der Waals surface area contributed by atoms with Crippen LogP contribution in [0.15, 0.2) is 48.5 Å². The molecule has 1 aliphatic rings. The third-order valence-corrected chi connectivity index (χ3v) is 5.94. The Morgan fingerprint density at radius 2 is 1.54 bits per heavy atom. The first-order chi connectivity index (χ1) is 18.9. The second kappa shape index (κ2) is 15.4. The quantitative estimate of drug-likeness (QED) is 0.100. The van der Waals surface area contributed by atoms with Crippen molar-refractivity contribution in [3.8, 4) is 0 Å². The van der Waals surface area contributed by atoms with Crippen LogP contribution >= 0.6 is 0 Å². The molecular weight excluding hydrogens is 504 g/mol.